The first-order valence-electron chi connectivity index (χ1n) is 5.04. The summed E-state index contributed by atoms with van der Waals surface area (Å²) in [5.74, 6) is -0.287. The van der Waals surface area contributed by atoms with Crippen molar-refractivity contribution in [3.05, 3.63) is 24.3 Å². The van der Waals surface area contributed by atoms with E-state index in [0.717, 1.165) is 11.9 Å². The second-order valence-electron chi connectivity index (χ2n) is 3.55. The molecule has 0 fully saturated rings. The number of methoxy groups -OCH3 is 1. The second kappa shape index (κ2) is 5.67. The summed E-state index contributed by atoms with van der Waals surface area (Å²) < 4.78 is 26.9. The molecular weight excluding hydrogens is 242 g/mol. The first-order valence-corrected chi connectivity index (χ1v) is 6.93. The highest BCUT2D eigenvalue weighted by Crippen LogP contribution is 2.13. The van der Waals surface area contributed by atoms with Crippen LogP contribution in [0.1, 0.15) is 6.42 Å². The number of carbonyl (C=O) groups is 1. The summed E-state index contributed by atoms with van der Waals surface area (Å²) >= 11 is 0. The van der Waals surface area contributed by atoms with Crippen LogP contribution in [-0.2, 0) is 19.4 Å². The highest BCUT2D eigenvalue weighted by Gasteiger charge is 2.06. The van der Waals surface area contributed by atoms with Crippen LogP contribution in [0.4, 0.5) is 5.69 Å². The van der Waals surface area contributed by atoms with Crippen LogP contribution in [0.5, 0.6) is 0 Å². The fourth-order valence-electron chi connectivity index (χ4n) is 1.23. The average Bonchev–Trinajstić information content (AvgIpc) is 2.28. The molecule has 1 aromatic carbocycles. The van der Waals surface area contributed by atoms with E-state index < -0.39 is 9.84 Å². The summed E-state index contributed by atoms with van der Waals surface area (Å²) in [6.07, 6.45) is 1.43. The number of hydrogen-bond acceptors (Lipinski definition) is 5. The van der Waals surface area contributed by atoms with Gasteiger partial charge in [-0.05, 0) is 24.3 Å². The molecule has 5 nitrogen and oxygen atoms in total. The molecule has 6 heteroatoms. The van der Waals surface area contributed by atoms with E-state index >= 15 is 0 Å². The highest BCUT2D eigenvalue weighted by molar-refractivity contribution is 7.90. The van der Waals surface area contributed by atoms with Gasteiger partial charge in [0.1, 0.15) is 0 Å². The summed E-state index contributed by atoms with van der Waals surface area (Å²) in [5, 5.41) is 2.99. The molecule has 0 heterocycles. The lowest BCUT2D eigenvalue weighted by Gasteiger charge is -2.06. The third-order valence-corrected chi connectivity index (χ3v) is 3.30. The first-order chi connectivity index (χ1) is 7.93. The van der Waals surface area contributed by atoms with Crippen molar-refractivity contribution in [2.45, 2.75) is 11.3 Å². The van der Waals surface area contributed by atoms with E-state index in [-0.39, 0.29) is 17.3 Å². The molecule has 0 unspecified atom stereocenters. The van der Waals surface area contributed by atoms with Crippen LogP contribution in [0.2, 0.25) is 0 Å². The fraction of sp³-hybridized carbons (Fsp3) is 0.364. The van der Waals surface area contributed by atoms with Crippen LogP contribution in [-0.4, -0.2) is 34.3 Å². The molecule has 0 amide bonds. The molecule has 0 atom stereocenters. The second-order valence-corrected chi connectivity index (χ2v) is 5.57. The van der Waals surface area contributed by atoms with Crippen molar-refractivity contribution in [2.24, 2.45) is 0 Å². The van der Waals surface area contributed by atoms with Crippen LogP contribution in [0.25, 0.3) is 0 Å². The number of sulfone groups is 1. The molecule has 0 aliphatic rings. The van der Waals surface area contributed by atoms with E-state index in [1.54, 1.807) is 12.1 Å². The predicted molar refractivity (Wildman–Crippen MR) is 64.7 cm³/mol. The van der Waals surface area contributed by atoms with Crippen molar-refractivity contribution in [2.75, 3.05) is 25.2 Å². The monoisotopic (exact) mass is 257 g/mol. The minimum absolute atomic E-state index is 0.268. The number of nitrogens with one attached hydrogen (secondary N) is 1. The van der Waals surface area contributed by atoms with E-state index in [1.807, 2.05) is 0 Å². The summed E-state index contributed by atoms with van der Waals surface area (Å²) in [7, 11) is -1.82. The van der Waals surface area contributed by atoms with E-state index in [2.05, 4.69) is 10.1 Å². The summed E-state index contributed by atoms with van der Waals surface area (Å²) in [4.78, 5) is 11.1. The van der Waals surface area contributed by atoms with Gasteiger partial charge in [0.05, 0.1) is 18.4 Å². The van der Waals surface area contributed by atoms with Gasteiger partial charge in [-0.25, -0.2) is 8.42 Å². The first kappa shape index (κ1) is 13.5. The zero-order valence-electron chi connectivity index (χ0n) is 9.76. The van der Waals surface area contributed by atoms with Gasteiger partial charge in [0, 0.05) is 18.5 Å². The number of anilines is 1. The van der Waals surface area contributed by atoms with Gasteiger partial charge in [0.15, 0.2) is 9.84 Å². The van der Waals surface area contributed by atoms with Crippen molar-refractivity contribution in [1.82, 2.24) is 0 Å². The Morgan fingerprint density at radius 1 is 1.29 bits per heavy atom. The van der Waals surface area contributed by atoms with Crippen molar-refractivity contribution in [1.29, 1.82) is 0 Å². The molecule has 0 spiro atoms. The standard InChI is InChI=1S/C11H15NO4S/c1-16-11(13)7-8-12-9-3-5-10(6-4-9)17(2,14)15/h3-6,12H,7-8H2,1-2H3. The third-order valence-electron chi connectivity index (χ3n) is 2.17. The molecule has 0 aliphatic heterocycles. The van der Waals surface area contributed by atoms with Gasteiger partial charge < -0.3 is 10.1 Å². The largest absolute Gasteiger partial charge is 0.469 e. The number of hydrogen-bond donors (Lipinski definition) is 1. The zero-order chi connectivity index (χ0) is 12.9. The van der Waals surface area contributed by atoms with Crippen molar-refractivity contribution in [3.63, 3.8) is 0 Å². The van der Waals surface area contributed by atoms with E-state index in [9.17, 15) is 13.2 Å². The van der Waals surface area contributed by atoms with E-state index in [1.165, 1.54) is 19.2 Å². The Balaban J connectivity index is 2.55. The van der Waals surface area contributed by atoms with Gasteiger partial charge in [-0.2, -0.15) is 0 Å². The Labute approximate surface area is 101 Å². The van der Waals surface area contributed by atoms with Gasteiger partial charge >= 0.3 is 5.97 Å². The van der Waals surface area contributed by atoms with Crippen molar-refractivity contribution < 1.29 is 17.9 Å². The quantitative estimate of drug-likeness (QED) is 0.799. The van der Waals surface area contributed by atoms with Gasteiger partial charge in [-0.3, -0.25) is 4.79 Å². The molecular formula is C11H15NO4S. The highest BCUT2D eigenvalue weighted by atomic mass is 32.2. The van der Waals surface area contributed by atoms with Crippen LogP contribution in [0.3, 0.4) is 0 Å². The van der Waals surface area contributed by atoms with Crippen LogP contribution >= 0.6 is 0 Å². The molecule has 0 aromatic heterocycles. The molecule has 0 bridgehead atoms. The molecule has 0 radical (unpaired) electrons. The maximum Gasteiger partial charge on any atom is 0.307 e. The third kappa shape index (κ3) is 4.44. The summed E-state index contributed by atoms with van der Waals surface area (Å²) in [6, 6.07) is 6.37. The lowest BCUT2D eigenvalue weighted by atomic mass is 10.3. The Bertz CT molecular complexity index is 479. The molecule has 94 valence electrons. The Hall–Kier alpha value is -1.56. The van der Waals surface area contributed by atoms with Gasteiger partial charge in [-0.1, -0.05) is 0 Å². The zero-order valence-corrected chi connectivity index (χ0v) is 10.6. The fourth-order valence-corrected chi connectivity index (χ4v) is 1.86. The van der Waals surface area contributed by atoms with Crippen LogP contribution in [0.15, 0.2) is 29.2 Å². The van der Waals surface area contributed by atoms with E-state index in [0.29, 0.717) is 6.54 Å². The normalized spacial score (nSPS) is 10.9. The Morgan fingerprint density at radius 2 is 1.88 bits per heavy atom. The number of benzene rings is 1. The molecule has 1 rings (SSSR count). The molecule has 1 N–H and O–H groups in total. The Kier molecular flexibility index (Phi) is 4.51. The lowest BCUT2D eigenvalue weighted by molar-refractivity contribution is -0.140. The SMILES string of the molecule is COC(=O)CCNc1ccc(S(C)(=O)=O)cc1. The molecule has 0 saturated heterocycles. The average molecular weight is 257 g/mol. The summed E-state index contributed by atoms with van der Waals surface area (Å²) in [5.41, 5.74) is 0.765. The van der Waals surface area contributed by atoms with Crippen molar-refractivity contribution in [3.8, 4) is 0 Å². The Morgan fingerprint density at radius 3 is 2.35 bits per heavy atom. The van der Waals surface area contributed by atoms with Gasteiger partial charge in [-0.15, -0.1) is 0 Å². The van der Waals surface area contributed by atoms with Gasteiger partial charge in [0.25, 0.3) is 0 Å². The van der Waals surface area contributed by atoms with Crippen LogP contribution in [0, 0.1) is 0 Å². The molecule has 0 aliphatic carbocycles. The smallest absolute Gasteiger partial charge is 0.307 e. The van der Waals surface area contributed by atoms with E-state index in [4.69, 9.17) is 0 Å². The number of carbonyl (C=O) groups excluding carboxylic acids is 1. The maximum absolute atomic E-state index is 11.2. The molecule has 17 heavy (non-hydrogen) atoms. The van der Waals surface area contributed by atoms with Crippen molar-refractivity contribution >= 4 is 21.5 Å². The minimum atomic E-state index is -3.16. The number of rotatable bonds is 5. The predicted octanol–water partition coefficient (Wildman–Crippen LogP) is 1.07. The minimum Gasteiger partial charge on any atom is -0.469 e. The number of esters is 1. The molecule has 0 saturated carbocycles. The maximum atomic E-state index is 11.2. The number of ether oxygens (including phenoxy) is 1. The summed E-state index contributed by atoms with van der Waals surface area (Å²) in [6.45, 7) is 0.449. The van der Waals surface area contributed by atoms with Gasteiger partial charge in [0.2, 0.25) is 0 Å². The topological polar surface area (TPSA) is 72.5 Å². The molecule has 1 aromatic rings. The lowest BCUT2D eigenvalue weighted by Crippen LogP contribution is -2.09. The van der Waals surface area contributed by atoms with Crippen LogP contribution < -0.4 is 5.32 Å².